The van der Waals surface area contributed by atoms with E-state index >= 15 is 0 Å². The molecule has 0 saturated carbocycles. The molecule has 5 rings (SSSR count). The second-order valence-corrected chi connectivity index (χ2v) is 9.10. The number of ether oxygens (including phenoxy) is 2. The van der Waals surface area contributed by atoms with Gasteiger partial charge in [-0.15, -0.1) is 0 Å². The number of anilines is 1. The zero-order valence-corrected chi connectivity index (χ0v) is 20.5. The Morgan fingerprint density at radius 3 is 2.65 bits per heavy atom. The van der Waals surface area contributed by atoms with E-state index in [9.17, 15) is 14.7 Å². The van der Waals surface area contributed by atoms with Gasteiger partial charge in [0.15, 0.2) is 0 Å². The molecule has 0 atom stereocenters. The Balaban J connectivity index is 1.23. The number of nitrogens with zero attached hydrogens (tertiary/aromatic N) is 3. The number of likely N-dealkylation sites (tertiary alicyclic amines) is 1. The maximum Gasteiger partial charge on any atom is 0.272 e. The van der Waals surface area contributed by atoms with Crippen LogP contribution in [0.4, 0.5) is 5.69 Å². The van der Waals surface area contributed by atoms with Crippen molar-refractivity contribution in [2.45, 2.75) is 24.9 Å². The number of rotatable bonds is 3. The van der Waals surface area contributed by atoms with Crippen LogP contribution in [0.1, 0.15) is 35.3 Å². The lowest BCUT2D eigenvalue weighted by atomic mass is 9.91. The molecule has 0 radical (unpaired) electrons. The van der Waals surface area contributed by atoms with Gasteiger partial charge in [0.1, 0.15) is 28.5 Å². The summed E-state index contributed by atoms with van der Waals surface area (Å²) in [6.45, 7) is 1.05. The van der Waals surface area contributed by atoms with Crippen LogP contribution in [0, 0.1) is 11.8 Å². The normalized spacial score (nSPS) is 16.5. The van der Waals surface area contributed by atoms with Crippen LogP contribution >= 0.6 is 0 Å². The molecule has 2 aliphatic rings. The van der Waals surface area contributed by atoms with Gasteiger partial charge < -0.3 is 24.4 Å². The lowest BCUT2D eigenvalue weighted by molar-refractivity contribution is -0.118. The summed E-state index contributed by atoms with van der Waals surface area (Å²) in [6.07, 6.45) is 2.51. The predicted molar refractivity (Wildman–Crippen MR) is 138 cm³/mol. The Hall–Kier alpha value is -4.35. The van der Waals surface area contributed by atoms with Gasteiger partial charge in [0.2, 0.25) is 5.91 Å². The average molecular weight is 498 g/mol. The Labute approximate surface area is 215 Å². The van der Waals surface area contributed by atoms with Gasteiger partial charge in [-0.2, -0.15) is 0 Å². The summed E-state index contributed by atoms with van der Waals surface area (Å²) < 4.78 is 11.5. The first-order valence-electron chi connectivity index (χ1n) is 12.2. The molecule has 1 saturated heterocycles. The Kier molecular flexibility index (Phi) is 6.80. The molecule has 1 N–H and O–H groups in total. The molecule has 0 unspecified atom stereocenters. The summed E-state index contributed by atoms with van der Waals surface area (Å²) >= 11 is 0. The number of amides is 2. The Bertz CT molecular complexity index is 1370. The monoisotopic (exact) mass is 497 g/mol. The summed E-state index contributed by atoms with van der Waals surface area (Å²) in [5.74, 6) is 7.63. The van der Waals surface area contributed by atoms with E-state index in [1.807, 2.05) is 36.4 Å². The second kappa shape index (κ2) is 10.3. The van der Waals surface area contributed by atoms with Crippen molar-refractivity contribution in [1.82, 2.24) is 9.88 Å². The minimum Gasteiger partial charge on any atom is -0.491 e. The largest absolute Gasteiger partial charge is 0.491 e. The van der Waals surface area contributed by atoms with Gasteiger partial charge in [-0.3, -0.25) is 14.6 Å². The topological polar surface area (TPSA) is 92.2 Å². The third-order valence-corrected chi connectivity index (χ3v) is 6.51. The molecule has 1 fully saturated rings. The standard InChI is InChI=1S/C29H27N3O5/c1-31-25-19-21(7-8-26(25)36-18-11-27(31)33)9-12-29(35)13-16-32(17-14-29)28(34)24-20-23(10-15-30-24)37-22-5-3-2-4-6-22/h2-8,10,15,19-20,35H,11,13-14,16-18H2,1H3. The predicted octanol–water partition coefficient (Wildman–Crippen LogP) is 3.64. The van der Waals surface area contributed by atoms with Crippen LogP contribution in [0.15, 0.2) is 66.9 Å². The highest BCUT2D eigenvalue weighted by atomic mass is 16.5. The van der Waals surface area contributed by atoms with Crippen molar-refractivity contribution in [3.8, 4) is 29.1 Å². The van der Waals surface area contributed by atoms with Crippen molar-refractivity contribution >= 4 is 17.5 Å². The number of hydrogen-bond donors (Lipinski definition) is 1. The third kappa shape index (κ3) is 5.57. The molecule has 2 aromatic carbocycles. The molecule has 0 bridgehead atoms. The third-order valence-electron chi connectivity index (χ3n) is 6.51. The van der Waals surface area contributed by atoms with Crippen molar-refractivity contribution < 1.29 is 24.2 Å². The lowest BCUT2D eigenvalue weighted by Gasteiger charge is -2.34. The van der Waals surface area contributed by atoms with Gasteiger partial charge >= 0.3 is 0 Å². The summed E-state index contributed by atoms with van der Waals surface area (Å²) in [4.78, 5) is 32.7. The van der Waals surface area contributed by atoms with Crippen LogP contribution in [0.2, 0.25) is 0 Å². The van der Waals surface area contributed by atoms with Gasteiger partial charge in [0.25, 0.3) is 5.91 Å². The summed E-state index contributed by atoms with van der Waals surface area (Å²) in [5.41, 5.74) is 0.409. The van der Waals surface area contributed by atoms with E-state index in [1.165, 1.54) is 0 Å². The van der Waals surface area contributed by atoms with Gasteiger partial charge in [-0.1, -0.05) is 30.0 Å². The van der Waals surface area contributed by atoms with Crippen molar-refractivity contribution in [2.24, 2.45) is 0 Å². The minimum absolute atomic E-state index is 0.0221. The van der Waals surface area contributed by atoms with E-state index in [0.717, 1.165) is 0 Å². The SMILES string of the molecule is CN1C(=O)CCOc2ccc(C#CC3(O)CCN(C(=O)c4cc(Oc5ccccc5)ccn4)CC3)cc21. The molecule has 2 aliphatic heterocycles. The molecule has 2 amide bonds. The smallest absolute Gasteiger partial charge is 0.272 e. The Morgan fingerprint density at radius 1 is 1.08 bits per heavy atom. The van der Waals surface area contributed by atoms with Gasteiger partial charge in [0, 0.05) is 50.8 Å². The van der Waals surface area contributed by atoms with Crippen molar-refractivity contribution in [2.75, 3.05) is 31.6 Å². The van der Waals surface area contributed by atoms with E-state index in [0.29, 0.717) is 67.5 Å². The lowest BCUT2D eigenvalue weighted by Crippen LogP contribution is -2.46. The van der Waals surface area contributed by atoms with Gasteiger partial charge in [-0.05, 0) is 36.4 Å². The number of aliphatic hydroxyl groups is 1. The van der Waals surface area contributed by atoms with Crippen molar-refractivity contribution in [3.63, 3.8) is 0 Å². The summed E-state index contributed by atoms with van der Waals surface area (Å²) in [5, 5.41) is 11.1. The highest BCUT2D eigenvalue weighted by Gasteiger charge is 2.33. The molecular formula is C29H27N3O5. The molecule has 3 heterocycles. The molecule has 0 aliphatic carbocycles. The average Bonchev–Trinajstić information content (AvgIpc) is 3.06. The number of aromatic nitrogens is 1. The molecule has 8 nitrogen and oxygen atoms in total. The van der Waals surface area contributed by atoms with Crippen LogP contribution in [0.5, 0.6) is 17.2 Å². The highest BCUT2D eigenvalue weighted by Crippen LogP contribution is 2.31. The maximum atomic E-state index is 13.1. The van der Waals surface area contributed by atoms with E-state index in [2.05, 4.69) is 16.8 Å². The number of carbonyl (C=O) groups is 2. The second-order valence-electron chi connectivity index (χ2n) is 9.10. The fraction of sp³-hybridized carbons (Fsp3) is 0.276. The van der Waals surface area contributed by atoms with E-state index < -0.39 is 5.60 Å². The molecule has 188 valence electrons. The van der Waals surface area contributed by atoms with Crippen LogP contribution < -0.4 is 14.4 Å². The summed E-state index contributed by atoms with van der Waals surface area (Å²) in [6, 6.07) is 18.1. The van der Waals surface area contributed by atoms with E-state index in [-0.39, 0.29) is 17.5 Å². The van der Waals surface area contributed by atoms with Crippen LogP contribution in [-0.2, 0) is 4.79 Å². The number of benzene rings is 2. The zero-order valence-electron chi connectivity index (χ0n) is 20.5. The first-order valence-corrected chi connectivity index (χ1v) is 12.2. The van der Waals surface area contributed by atoms with Crippen molar-refractivity contribution in [3.05, 3.63) is 78.1 Å². The minimum atomic E-state index is -1.21. The first kappa shape index (κ1) is 24.3. The fourth-order valence-corrected chi connectivity index (χ4v) is 4.30. The number of piperidine rings is 1. The Morgan fingerprint density at radius 2 is 1.86 bits per heavy atom. The van der Waals surface area contributed by atoms with E-state index in [4.69, 9.17) is 9.47 Å². The number of fused-ring (bicyclic) bond motifs is 1. The number of hydrogen-bond acceptors (Lipinski definition) is 6. The molecule has 0 spiro atoms. The molecule has 8 heteroatoms. The maximum absolute atomic E-state index is 13.1. The van der Waals surface area contributed by atoms with Gasteiger partial charge in [0.05, 0.1) is 18.7 Å². The van der Waals surface area contributed by atoms with E-state index in [1.54, 1.807) is 47.3 Å². The number of para-hydroxylation sites is 1. The molecular weight excluding hydrogens is 470 g/mol. The first-order chi connectivity index (χ1) is 17.9. The molecule has 1 aromatic heterocycles. The number of carbonyl (C=O) groups excluding carboxylic acids is 2. The quantitative estimate of drug-likeness (QED) is 0.556. The molecule has 37 heavy (non-hydrogen) atoms. The van der Waals surface area contributed by atoms with Crippen molar-refractivity contribution in [1.29, 1.82) is 0 Å². The highest BCUT2D eigenvalue weighted by molar-refractivity contribution is 5.95. The van der Waals surface area contributed by atoms with Crippen LogP contribution in [0.25, 0.3) is 0 Å². The molecule has 3 aromatic rings. The van der Waals surface area contributed by atoms with Crippen LogP contribution in [-0.4, -0.2) is 59.1 Å². The number of pyridine rings is 1. The van der Waals surface area contributed by atoms with Gasteiger partial charge in [-0.25, -0.2) is 0 Å². The fourth-order valence-electron chi connectivity index (χ4n) is 4.30. The summed E-state index contributed by atoms with van der Waals surface area (Å²) in [7, 11) is 1.71. The van der Waals surface area contributed by atoms with Crippen LogP contribution in [0.3, 0.4) is 0 Å². The zero-order chi connectivity index (χ0) is 25.8.